The number of hydrogen-bond donors (Lipinski definition) is 0. The summed E-state index contributed by atoms with van der Waals surface area (Å²) in [7, 11) is 4.01. The molecule has 0 saturated carbocycles. The van der Waals surface area contributed by atoms with Crippen molar-refractivity contribution in [2.24, 2.45) is 0 Å². The molecule has 8 heteroatoms. The Kier molecular flexibility index (Phi) is 17.6. The van der Waals surface area contributed by atoms with Crippen molar-refractivity contribution in [3.05, 3.63) is 120 Å². The quantitative estimate of drug-likeness (QED) is 0.0326. The molecule has 0 aliphatic carbocycles. The van der Waals surface area contributed by atoms with Gasteiger partial charge in [-0.05, 0) is 67.1 Å². The van der Waals surface area contributed by atoms with Crippen LogP contribution in [-0.4, -0.2) is 38.6 Å². The monoisotopic (exact) mass is 721 g/mol. The average Bonchev–Trinajstić information content (AvgIpc) is 3.17. The Labute approximate surface area is 316 Å². The molecule has 0 amide bonds. The van der Waals surface area contributed by atoms with E-state index in [9.17, 15) is 14.4 Å². The Morgan fingerprint density at radius 3 is 1.34 bits per heavy atom. The number of benzene rings is 3. The van der Waals surface area contributed by atoms with Gasteiger partial charge in [0.25, 0.3) is 0 Å². The maximum absolute atomic E-state index is 12.7. The van der Waals surface area contributed by atoms with Crippen molar-refractivity contribution in [2.75, 3.05) is 25.6 Å². The van der Waals surface area contributed by atoms with Gasteiger partial charge in [0.1, 0.15) is 11.5 Å². The minimum Gasteiger partial charge on any atom is -0.462 e. The molecule has 0 saturated heterocycles. The predicted octanol–water partition coefficient (Wildman–Crippen LogP) is 10.2. The Morgan fingerprint density at radius 1 is 0.509 bits per heavy atom. The summed E-state index contributed by atoms with van der Waals surface area (Å²) in [6.45, 7) is 3.34. The molecule has 1 heterocycles. The van der Waals surface area contributed by atoms with Gasteiger partial charge in [0.2, 0.25) is 0 Å². The van der Waals surface area contributed by atoms with E-state index in [4.69, 9.17) is 14.2 Å². The van der Waals surface area contributed by atoms with E-state index in [0.29, 0.717) is 41.3 Å². The Hall–Kier alpha value is -4.98. The maximum Gasteiger partial charge on any atom is 0.343 e. The van der Waals surface area contributed by atoms with Crippen molar-refractivity contribution in [2.45, 2.75) is 103 Å². The van der Waals surface area contributed by atoms with Gasteiger partial charge in [0.05, 0.1) is 23.3 Å². The number of carbonyl (C=O) groups excluding carboxylic acids is 3. The molecule has 0 atom stereocenters. The van der Waals surface area contributed by atoms with Crippen molar-refractivity contribution >= 4 is 23.6 Å². The molecular formula is C45H57N2O6+. The van der Waals surface area contributed by atoms with E-state index < -0.39 is 11.9 Å². The Morgan fingerprint density at radius 2 is 0.906 bits per heavy atom. The van der Waals surface area contributed by atoms with Crippen LogP contribution in [0.15, 0.2) is 97.3 Å². The van der Waals surface area contributed by atoms with Gasteiger partial charge in [0, 0.05) is 37.5 Å². The van der Waals surface area contributed by atoms with Crippen molar-refractivity contribution in [1.82, 2.24) is 0 Å². The predicted molar refractivity (Wildman–Crippen MR) is 210 cm³/mol. The van der Waals surface area contributed by atoms with Crippen LogP contribution in [0.3, 0.4) is 0 Å². The number of pyridine rings is 1. The summed E-state index contributed by atoms with van der Waals surface area (Å²) in [5.41, 5.74) is 3.30. The minimum absolute atomic E-state index is 0.293. The fourth-order valence-electron chi connectivity index (χ4n) is 6.00. The first-order valence-electron chi connectivity index (χ1n) is 19.4. The van der Waals surface area contributed by atoms with Crippen LogP contribution in [0.4, 0.5) is 5.69 Å². The summed E-state index contributed by atoms with van der Waals surface area (Å²) in [5, 5.41) is 0. The number of hydrogen-bond acceptors (Lipinski definition) is 7. The molecule has 0 N–H and O–H groups in total. The smallest absolute Gasteiger partial charge is 0.343 e. The first kappa shape index (κ1) is 40.8. The van der Waals surface area contributed by atoms with Gasteiger partial charge in [-0.15, -0.1) is 0 Å². The molecule has 0 radical (unpaired) electrons. The second-order valence-corrected chi connectivity index (χ2v) is 13.9. The maximum atomic E-state index is 12.7. The highest BCUT2D eigenvalue weighted by Crippen LogP contribution is 2.19. The molecule has 4 aromatic rings. The topological polar surface area (TPSA) is 86.0 Å². The molecule has 3 aromatic carbocycles. The van der Waals surface area contributed by atoms with Crippen LogP contribution in [0, 0.1) is 0 Å². The SMILES string of the molecule is CCCCCCCCCCCCCCCCOC(=O)c1ccc(OC(=O)c2ccc(OC(=O)c3ccc(C[n+]4ccc(N(C)C)cc4)cc3)cc2)cc1. The second kappa shape index (κ2) is 22.8. The standard InChI is InChI=1S/C45H57N2O6/c1-4-5-6-7-8-9-10-11-12-13-14-15-16-17-34-51-43(48)37-22-26-41(27-23-37)53-45(50)39-24-28-42(29-25-39)52-44(49)38-20-18-36(19-21-38)35-47-32-30-40(31-33-47)46(2)3/h18-33H,4-17,34-35H2,1-3H3/q+1. The summed E-state index contributed by atoms with van der Waals surface area (Å²) in [5.74, 6) is -0.830. The number of unbranched alkanes of at least 4 members (excludes halogenated alkanes) is 13. The van der Waals surface area contributed by atoms with Crippen LogP contribution in [-0.2, 0) is 11.3 Å². The van der Waals surface area contributed by atoms with Crippen LogP contribution in [0.5, 0.6) is 11.5 Å². The summed E-state index contributed by atoms with van der Waals surface area (Å²) < 4.78 is 18.5. The zero-order valence-corrected chi connectivity index (χ0v) is 31.9. The van der Waals surface area contributed by atoms with Gasteiger partial charge < -0.3 is 19.1 Å². The minimum atomic E-state index is -0.569. The van der Waals surface area contributed by atoms with Crippen LogP contribution >= 0.6 is 0 Å². The lowest BCUT2D eigenvalue weighted by molar-refractivity contribution is -0.688. The molecule has 0 aliphatic rings. The average molecular weight is 722 g/mol. The van der Waals surface area contributed by atoms with Crippen molar-refractivity contribution in [3.63, 3.8) is 0 Å². The van der Waals surface area contributed by atoms with Gasteiger partial charge in [-0.2, -0.15) is 0 Å². The van der Waals surface area contributed by atoms with Crippen LogP contribution in [0.25, 0.3) is 0 Å². The number of ether oxygens (including phenoxy) is 3. The number of anilines is 1. The van der Waals surface area contributed by atoms with Crippen LogP contribution in [0.2, 0.25) is 0 Å². The van der Waals surface area contributed by atoms with Gasteiger partial charge in [-0.25, -0.2) is 19.0 Å². The van der Waals surface area contributed by atoms with Gasteiger partial charge >= 0.3 is 17.9 Å². The number of aromatic nitrogens is 1. The van der Waals surface area contributed by atoms with E-state index in [1.807, 2.05) is 43.5 Å². The van der Waals surface area contributed by atoms with Crippen LogP contribution in [0.1, 0.15) is 133 Å². The molecule has 0 aliphatic heterocycles. The first-order chi connectivity index (χ1) is 25.8. The Balaban J connectivity index is 1.09. The summed E-state index contributed by atoms with van der Waals surface area (Å²) in [4.78, 5) is 40.0. The van der Waals surface area contributed by atoms with Crippen LogP contribution < -0.4 is 18.9 Å². The number of carbonyl (C=O) groups is 3. The molecule has 1 aromatic heterocycles. The highest BCUT2D eigenvalue weighted by atomic mass is 16.5. The third-order valence-electron chi connectivity index (χ3n) is 9.28. The van der Waals surface area contributed by atoms with Gasteiger partial charge in [0.15, 0.2) is 18.9 Å². The fourth-order valence-corrected chi connectivity index (χ4v) is 6.00. The summed E-state index contributed by atoms with van der Waals surface area (Å²) in [6.07, 6.45) is 21.9. The third-order valence-corrected chi connectivity index (χ3v) is 9.28. The molecule has 0 spiro atoms. The molecule has 53 heavy (non-hydrogen) atoms. The summed E-state index contributed by atoms with van der Waals surface area (Å²) >= 11 is 0. The van der Waals surface area contributed by atoms with Gasteiger partial charge in [-0.3, -0.25) is 0 Å². The summed E-state index contributed by atoms with van der Waals surface area (Å²) in [6, 6.07) is 23.9. The third kappa shape index (κ3) is 14.9. The van der Waals surface area contributed by atoms with Crippen molar-refractivity contribution < 1.29 is 33.2 Å². The van der Waals surface area contributed by atoms with E-state index in [0.717, 1.165) is 24.1 Å². The zero-order valence-electron chi connectivity index (χ0n) is 31.9. The number of rotatable bonds is 23. The molecular weight excluding hydrogens is 665 g/mol. The normalized spacial score (nSPS) is 10.8. The molecule has 0 unspecified atom stereocenters. The highest BCUT2D eigenvalue weighted by molar-refractivity contribution is 5.93. The largest absolute Gasteiger partial charge is 0.462 e. The van der Waals surface area contributed by atoms with Crippen molar-refractivity contribution in [3.8, 4) is 11.5 Å². The lowest BCUT2D eigenvalue weighted by atomic mass is 10.0. The Bertz CT molecular complexity index is 1670. The lowest BCUT2D eigenvalue weighted by Crippen LogP contribution is -2.33. The van der Waals surface area contributed by atoms with Gasteiger partial charge in [-0.1, -0.05) is 103 Å². The first-order valence-corrected chi connectivity index (χ1v) is 19.4. The number of esters is 3. The molecule has 282 valence electrons. The van der Waals surface area contributed by atoms with E-state index in [2.05, 4.69) is 23.6 Å². The molecule has 0 bridgehead atoms. The highest BCUT2D eigenvalue weighted by Gasteiger charge is 2.14. The number of nitrogens with zero attached hydrogens (tertiary/aromatic N) is 2. The molecule has 8 nitrogen and oxygen atoms in total. The second-order valence-electron chi connectivity index (χ2n) is 13.9. The molecule has 4 rings (SSSR count). The zero-order chi connectivity index (χ0) is 37.7. The molecule has 0 fully saturated rings. The van der Waals surface area contributed by atoms with E-state index >= 15 is 0 Å². The lowest BCUT2D eigenvalue weighted by Gasteiger charge is -2.10. The van der Waals surface area contributed by atoms with E-state index in [-0.39, 0.29) is 5.97 Å². The van der Waals surface area contributed by atoms with Crippen molar-refractivity contribution in [1.29, 1.82) is 0 Å². The van der Waals surface area contributed by atoms with E-state index in [1.54, 1.807) is 48.5 Å². The fraction of sp³-hybridized carbons (Fsp3) is 0.422. The van der Waals surface area contributed by atoms with E-state index in [1.165, 1.54) is 89.2 Å².